The Bertz CT molecular complexity index is 235. The van der Waals surface area contributed by atoms with Crippen LogP contribution in [-0.4, -0.2) is 10.6 Å². The molecule has 2 N–H and O–H groups in total. The van der Waals surface area contributed by atoms with Crippen molar-refractivity contribution in [2.75, 3.05) is 0 Å². The molecule has 0 aromatic heterocycles. The van der Waals surface area contributed by atoms with Gasteiger partial charge in [-0.05, 0) is 39.0 Å². The fourth-order valence-electron chi connectivity index (χ4n) is 1.87. The van der Waals surface area contributed by atoms with Gasteiger partial charge in [-0.3, -0.25) is 0 Å². The standard InChI is InChI=1S/C12H23NO/c1-8(2)9-6-10(11(14)7-9)13-12(3,4)5/h8-9,13-14H,6-7H2,1-5H3. The van der Waals surface area contributed by atoms with Crippen LogP contribution < -0.4 is 5.32 Å². The first kappa shape index (κ1) is 11.4. The first-order chi connectivity index (χ1) is 6.29. The zero-order valence-electron chi connectivity index (χ0n) is 10.0. The van der Waals surface area contributed by atoms with Gasteiger partial charge in [0.2, 0.25) is 0 Å². The van der Waals surface area contributed by atoms with Crippen molar-refractivity contribution in [3.8, 4) is 0 Å². The lowest BCUT2D eigenvalue weighted by atomic mass is 9.93. The zero-order valence-corrected chi connectivity index (χ0v) is 10.0. The molecular formula is C12H23NO. The van der Waals surface area contributed by atoms with E-state index in [0.29, 0.717) is 17.6 Å². The van der Waals surface area contributed by atoms with E-state index < -0.39 is 0 Å². The van der Waals surface area contributed by atoms with Crippen LogP contribution in [0.3, 0.4) is 0 Å². The molecule has 0 bridgehead atoms. The molecule has 0 aromatic rings. The summed E-state index contributed by atoms with van der Waals surface area (Å²) in [5.41, 5.74) is 1.10. The molecule has 1 rings (SSSR count). The van der Waals surface area contributed by atoms with E-state index in [1.165, 1.54) is 0 Å². The number of aliphatic hydroxyl groups is 1. The minimum atomic E-state index is 0.0508. The summed E-state index contributed by atoms with van der Waals surface area (Å²) in [4.78, 5) is 0. The van der Waals surface area contributed by atoms with Crippen LogP contribution >= 0.6 is 0 Å². The highest BCUT2D eigenvalue weighted by atomic mass is 16.3. The summed E-state index contributed by atoms with van der Waals surface area (Å²) in [6.45, 7) is 10.8. The van der Waals surface area contributed by atoms with Crippen molar-refractivity contribution < 1.29 is 5.11 Å². The van der Waals surface area contributed by atoms with Crippen molar-refractivity contribution in [2.45, 2.75) is 53.0 Å². The van der Waals surface area contributed by atoms with Crippen LogP contribution in [0.15, 0.2) is 11.5 Å². The molecule has 0 radical (unpaired) electrons. The maximum atomic E-state index is 9.79. The number of hydrogen-bond donors (Lipinski definition) is 2. The summed E-state index contributed by atoms with van der Waals surface area (Å²) in [6, 6.07) is 0. The predicted octanol–water partition coefficient (Wildman–Crippen LogP) is 3.21. The molecular weight excluding hydrogens is 174 g/mol. The fraction of sp³-hybridized carbons (Fsp3) is 0.833. The molecule has 0 spiro atoms. The molecule has 2 nitrogen and oxygen atoms in total. The maximum Gasteiger partial charge on any atom is 0.111 e. The van der Waals surface area contributed by atoms with Gasteiger partial charge in [-0.25, -0.2) is 0 Å². The number of nitrogens with one attached hydrogen (secondary N) is 1. The SMILES string of the molecule is CC(C)C1CC(O)=C(NC(C)(C)C)C1. The van der Waals surface area contributed by atoms with Crippen molar-refractivity contribution in [2.24, 2.45) is 11.8 Å². The maximum absolute atomic E-state index is 9.79. The normalized spacial score (nSPS) is 23.4. The molecule has 0 saturated carbocycles. The van der Waals surface area contributed by atoms with Gasteiger partial charge in [-0.1, -0.05) is 13.8 Å². The Kier molecular flexibility index (Phi) is 3.13. The van der Waals surface area contributed by atoms with Gasteiger partial charge in [0.05, 0.1) is 0 Å². The van der Waals surface area contributed by atoms with Gasteiger partial charge in [-0.2, -0.15) is 0 Å². The molecule has 0 amide bonds. The quantitative estimate of drug-likeness (QED) is 0.712. The molecule has 1 unspecified atom stereocenters. The lowest BCUT2D eigenvalue weighted by molar-refractivity contribution is 0.337. The van der Waals surface area contributed by atoms with Gasteiger partial charge in [0.25, 0.3) is 0 Å². The minimum absolute atomic E-state index is 0.0508. The summed E-state index contributed by atoms with van der Waals surface area (Å²) < 4.78 is 0. The van der Waals surface area contributed by atoms with Crippen molar-refractivity contribution in [1.82, 2.24) is 5.32 Å². The average Bonchev–Trinajstić information content (AvgIpc) is 2.29. The van der Waals surface area contributed by atoms with E-state index in [9.17, 15) is 5.11 Å². The third-order valence-corrected chi connectivity index (χ3v) is 2.74. The monoisotopic (exact) mass is 197 g/mol. The Morgan fingerprint density at radius 2 is 1.86 bits per heavy atom. The third kappa shape index (κ3) is 2.93. The second-order valence-electron chi connectivity index (χ2n) is 5.71. The highest BCUT2D eigenvalue weighted by molar-refractivity contribution is 5.15. The lowest BCUT2D eigenvalue weighted by Gasteiger charge is -2.24. The Balaban J connectivity index is 2.59. The molecule has 0 aromatic carbocycles. The molecule has 0 aliphatic heterocycles. The van der Waals surface area contributed by atoms with Crippen molar-refractivity contribution in [3.63, 3.8) is 0 Å². The number of aliphatic hydroxyl groups excluding tert-OH is 1. The van der Waals surface area contributed by atoms with Gasteiger partial charge in [0.15, 0.2) is 0 Å². The third-order valence-electron chi connectivity index (χ3n) is 2.74. The summed E-state index contributed by atoms with van der Waals surface area (Å²) in [6.07, 6.45) is 1.84. The Hall–Kier alpha value is -0.660. The first-order valence-electron chi connectivity index (χ1n) is 5.49. The molecule has 0 heterocycles. The van der Waals surface area contributed by atoms with Crippen LogP contribution in [0.5, 0.6) is 0 Å². The van der Waals surface area contributed by atoms with Crippen molar-refractivity contribution >= 4 is 0 Å². The molecule has 0 saturated heterocycles. The van der Waals surface area contributed by atoms with Crippen molar-refractivity contribution in [3.05, 3.63) is 11.5 Å². The second kappa shape index (κ2) is 3.84. The summed E-state index contributed by atoms with van der Waals surface area (Å²) in [7, 11) is 0. The fourth-order valence-corrected chi connectivity index (χ4v) is 1.87. The van der Waals surface area contributed by atoms with E-state index >= 15 is 0 Å². The van der Waals surface area contributed by atoms with E-state index in [-0.39, 0.29) is 5.54 Å². The highest BCUT2D eigenvalue weighted by Crippen LogP contribution is 2.34. The molecule has 1 aliphatic carbocycles. The van der Waals surface area contributed by atoms with Gasteiger partial charge >= 0.3 is 0 Å². The Morgan fingerprint density at radius 1 is 1.29 bits per heavy atom. The molecule has 1 atom stereocenters. The molecule has 2 heteroatoms. The summed E-state index contributed by atoms with van der Waals surface area (Å²) in [5.74, 6) is 1.83. The predicted molar refractivity (Wildman–Crippen MR) is 60.1 cm³/mol. The van der Waals surface area contributed by atoms with Crippen LogP contribution in [0, 0.1) is 11.8 Å². The zero-order chi connectivity index (χ0) is 10.9. The van der Waals surface area contributed by atoms with E-state index in [2.05, 4.69) is 39.9 Å². The van der Waals surface area contributed by atoms with Crippen molar-refractivity contribution in [1.29, 1.82) is 0 Å². The molecule has 1 aliphatic rings. The number of hydrogen-bond acceptors (Lipinski definition) is 2. The second-order valence-corrected chi connectivity index (χ2v) is 5.71. The molecule has 0 fully saturated rings. The van der Waals surface area contributed by atoms with Gasteiger partial charge in [0.1, 0.15) is 5.76 Å². The van der Waals surface area contributed by atoms with Crippen LogP contribution in [0.1, 0.15) is 47.5 Å². The van der Waals surface area contributed by atoms with Gasteiger partial charge < -0.3 is 10.4 Å². The van der Waals surface area contributed by atoms with E-state index in [4.69, 9.17) is 0 Å². The highest BCUT2D eigenvalue weighted by Gasteiger charge is 2.28. The van der Waals surface area contributed by atoms with Gasteiger partial charge in [-0.15, -0.1) is 0 Å². The van der Waals surface area contributed by atoms with E-state index in [1.807, 2.05) is 0 Å². The number of allylic oxidation sites excluding steroid dienone is 2. The number of rotatable bonds is 2. The Labute approximate surface area is 87.4 Å². The Morgan fingerprint density at radius 3 is 2.21 bits per heavy atom. The van der Waals surface area contributed by atoms with Gasteiger partial charge in [0, 0.05) is 17.7 Å². The largest absolute Gasteiger partial charge is 0.511 e. The topological polar surface area (TPSA) is 32.3 Å². The smallest absolute Gasteiger partial charge is 0.111 e. The van der Waals surface area contributed by atoms with E-state index in [0.717, 1.165) is 18.5 Å². The first-order valence-corrected chi connectivity index (χ1v) is 5.49. The van der Waals surface area contributed by atoms with Crippen LogP contribution in [0.2, 0.25) is 0 Å². The van der Waals surface area contributed by atoms with Crippen LogP contribution in [-0.2, 0) is 0 Å². The summed E-state index contributed by atoms with van der Waals surface area (Å²) >= 11 is 0. The minimum Gasteiger partial charge on any atom is -0.511 e. The molecule has 14 heavy (non-hydrogen) atoms. The van der Waals surface area contributed by atoms with Crippen LogP contribution in [0.25, 0.3) is 0 Å². The lowest BCUT2D eigenvalue weighted by Crippen LogP contribution is -2.35. The van der Waals surface area contributed by atoms with E-state index in [1.54, 1.807) is 0 Å². The summed E-state index contributed by atoms with van der Waals surface area (Å²) in [5, 5.41) is 13.2. The average molecular weight is 197 g/mol. The molecule has 82 valence electrons. The van der Waals surface area contributed by atoms with Crippen LogP contribution in [0.4, 0.5) is 0 Å².